The molecule has 1 saturated carbocycles. The Labute approximate surface area is 127 Å². The summed E-state index contributed by atoms with van der Waals surface area (Å²) in [4.78, 5) is 11.6. The number of carbonyl (C=O) groups is 1. The van der Waals surface area contributed by atoms with E-state index in [1.807, 2.05) is 6.07 Å². The van der Waals surface area contributed by atoms with Crippen LogP contribution in [0.5, 0.6) is 0 Å². The average Bonchev–Trinajstić information content (AvgIpc) is 2.50. The lowest BCUT2D eigenvalue weighted by Gasteiger charge is -2.22. The van der Waals surface area contributed by atoms with Gasteiger partial charge in [0, 0.05) is 6.54 Å². The molecule has 0 saturated heterocycles. The predicted octanol–water partition coefficient (Wildman–Crippen LogP) is 3.83. The number of nitrogens with one attached hydrogen (secondary N) is 1. The van der Waals surface area contributed by atoms with Gasteiger partial charge in [-0.2, -0.15) is 0 Å². The largest absolute Gasteiger partial charge is 0.462 e. The Morgan fingerprint density at radius 1 is 1.33 bits per heavy atom. The number of rotatable bonds is 6. The SMILES string of the molecule is CCOC(=O)c1ccc(NCCC2CCCCC2)c(N)c1. The van der Waals surface area contributed by atoms with Crippen molar-refractivity contribution in [3.63, 3.8) is 0 Å². The quantitative estimate of drug-likeness (QED) is 0.617. The Morgan fingerprint density at radius 2 is 2.10 bits per heavy atom. The lowest BCUT2D eigenvalue weighted by atomic mass is 9.87. The number of nitrogen functional groups attached to an aromatic ring is 1. The summed E-state index contributed by atoms with van der Waals surface area (Å²) < 4.78 is 4.97. The van der Waals surface area contributed by atoms with Crippen molar-refractivity contribution in [3.8, 4) is 0 Å². The number of ether oxygens (including phenoxy) is 1. The molecule has 1 fully saturated rings. The van der Waals surface area contributed by atoms with Crippen molar-refractivity contribution in [2.75, 3.05) is 24.2 Å². The highest BCUT2D eigenvalue weighted by molar-refractivity contribution is 5.91. The van der Waals surface area contributed by atoms with Gasteiger partial charge in [0.1, 0.15) is 0 Å². The van der Waals surface area contributed by atoms with Gasteiger partial charge in [-0.1, -0.05) is 32.1 Å². The summed E-state index contributed by atoms with van der Waals surface area (Å²) in [6.45, 7) is 3.11. The van der Waals surface area contributed by atoms with Crippen molar-refractivity contribution < 1.29 is 9.53 Å². The fourth-order valence-electron chi connectivity index (χ4n) is 2.95. The molecule has 21 heavy (non-hydrogen) atoms. The molecule has 1 aromatic carbocycles. The molecule has 0 radical (unpaired) electrons. The lowest BCUT2D eigenvalue weighted by Crippen LogP contribution is -2.13. The maximum Gasteiger partial charge on any atom is 0.338 e. The summed E-state index contributed by atoms with van der Waals surface area (Å²) in [6, 6.07) is 5.31. The third kappa shape index (κ3) is 4.66. The van der Waals surface area contributed by atoms with Gasteiger partial charge < -0.3 is 15.8 Å². The third-order valence-corrected chi connectivity index (χ3v) is 4.16. The first-order chi connectivity index (χ1) is 10.2. The van der Waals surface area contributed by atoms with E-state index in [0.717, 1.165) is 18.2 Å². The van der Waals surface area contributed by atoms with Crippen molar-refractivity contribution >= 4 is 17.3 Å². The van der Waals surface area contributed by atoms with Crippen LogP contribution in [0, 0.1) is 5.92 Å². The Morgan fingerprint density at radius 3 is 2.76 bits per heavy atom. The molecule has 4 heteroatoms. The first-order valence-electron chi connectivity index (χ1n) is 8.01. The molecule has 1 aliphatic carbocycles. The molecule has 0 spiro atoms. The summed E-state index contributed by atoms with van der Waals surface area (Å²) in [5.41, 5.74) is 8.01. The number of hydrogen-bond acceptors (Lipinski definition) is 4. The van der Waals surface area contributed by atoms with Crippen LogP contribution < -0.4 is 11.1 Å². The molecule has 0 aliphatic heterocycles. The monoisotopic (exact) mass is 290 g/mol. The van der Waals surface area contributed by atoms with Crippen molar-refractivity contribution in [3.05, 3.63) is 23.8 Å². The number of carbonyl (C=O) groups excluding carboxylic acids is 1. The van der Waals surface area contributed by atoms with Crippen LogP contribution in [0.15, 0.2) is 18.2 Å². The van der Waals surface area contributed by atoms with Gasteiger partial charge >= 0.3 is 5.97 Å². The summed E-state index contributed by atoms with van der Waals surface area (Å²) >= 11 is 0. The van der Waals surface area contributed by atoms with E-state index in [1.165, 1.54) is 38.5 Å². The Kier molecular flexibility index (Phi) is 5.90. The van der Waals surface area contributed by atoms with Gasteiger partial charge in [0.2, 0.25) is 0 Å². The van der Waals surface area contributed by atoms with Gasteiger partial charge in [-0.25, -0.2) is 4.79 Å². The van der Waals surface area contributed by atoms with E-state index in [4.69, 9.17) is 10.5 Å². The first-order valence-corrected chi connectivity index (χ1v) is 8.01. The smallest absolute Gasteiger partial charge is 0.338 e. The zero-order chi connectivity index (χ0) is 15.1. The molecule has 116 valence electrons. The molecule has 0 unspecified atom stereocenters. The van der Waals surface area contributed by atoms with Gasteiger partial charge in [-0.05, 0) is 37.5 Å². The van der Waals surface area contributed by atoms with Crippen molar-refractivity contribution in [2.24, 2.45) is 5.92 Å². The minimum absolute atomic E-state index is 0.321. The van der Waals surface area contributed by atoms with Gasteiger partial charge in [-0.3, -0.25) is 0 Å². The highest BCUT2D eigenvalue weighted by Gasteiger charge is 2.13. The standard InChI is InChI=1S/C17H26N2O2/c1-2-21-17(20)14-8-9-16(15(18)12-14)19-11-10-13-6-4-3-5-7-13/h8-9,12-13,19H,2-7,10-11,18H2,1H3. The van der Waals surface area contributed by atoms with Crippen LogP contribution in [0.3, 0.4) is 0 Å². The van der Waals surface area contributed by atoms with Crippen LogP contribution in [0.4, 0.5) is 11.4 Å². The van der Waals surface area contributed by atoms with E-state index in [2.05, 4.69) is 5.32 Å². The summed E-state index contributed by atoms with van der Waals surface area (Å²) in [5.74, 6) is 0.532. The molecule has 3 N–H and O–H groups in total. The number of benzene rings is 1. The minimum atomic E-state index is -0.321. The van der Waals surface area contributed by atoms with E-state index in [1.54, 1.807) is 19.1 Å². The van der Waals surface area contributed by atoms with E-state index in [-0.39, 0.29) is 5.97 Å². The molecular weight excluding hydrogens is 264 g/mol. The fourth-order valence-corrected chi connectivity index (χ4v) is 2.95. The minimum Gasteiger partial charge on any atom is -0.462 e. The van der Waals surface area contributed by atoms with Crippen molar-refractivity contribution in [2.45, 2.75) is 45.4 Å². The highest BCUT2D eigenvalue weighted by Crippen LogP contribution is 2.27. The number of nitrogens with two attached hydrogens (primary N) is 1. The van der Waals surface area contributed by atoms with Crippen LogP contribution in [0.2, 0.25) is 0 Å². The molecule has 0 bridgehead atoms. The molecule has 0 aromatic heterocycles. The molecule has 1 aliphatic rings. The third-order valence-electron chi connectivity index (χ3n) is 4.16. The lowest BCUT2D eigenvalue weighted by molar-refractivity contribution is 0.0526. The summed E-state index contributed by atoms with van der Waals surface area (Å²) in [5, 5.41) is 3.38. The summed E-state index contributed by atoms with van der Waals surface area (Å²) in [6.07, 6.45) is 8.06. The van der Waals surface area contributed by atoms with Gasteiger partial charge in [0.05, 0.1) is 23.5 Å². The fraction of sp³-hybridized carbons (Fsp3) is 0.588. The molecule has 1 aromatic rings. The van der Waals surface area contributed by atoms with Crippen LogP contribution in [-0.2, 0) is 4.74 Å². The first kappa shape index (κ1) is 15.7. The Balaban J connectivity index is 1.84. The maximum absolute atomic E-state index is 11.6. The van der Waals surface area contributed by atoms with Gasteiger partial charge in [0.15, 0.2) is 0 Å². The zero-order valence-electron chi connectivity index (χ0n) is 12.9. The van der Waals surface area contributed by atoms with E-state index < -0.39 is 0 Å². The van der Waals surface area contributed by atoms with Crippen LogP contribution in [0.1, 0.15) is 55.8 Å². The predicted molar refractivity (Wildman–Crippen MR) is 86.5 cm³/mol. The topological polar surface area (TPSA) is 64.3 Å². The van der Waals surface area contributed by atoms with Crippen LogP contribution in [0.25, 0.3) is 0 Å². The second kappa shape index (κ2) is 7.91. The normalized spacial score (nSPS) is 15.7. The maximum atomic E-state index is 11.6. The van der Waals surface area contributed by atoms with Gasteiger partial charge in [0.25, 0.3) is 0 Å². The number of hydrogen-bond donors (Lipinski definition) is 2. The van der Waals surface area contributed by atoms with Gasteiger partial charge in [-0.15, -0.1) is 0 Å². The Hall–Kier alpha value is -1.71. The molecule has 0 heterocycles. The second-order valence-electron chi connectivity index (χ2n) is 5.74. The number of esters is 1. The van der Waals surface area contributed by atoms with Crippen molar-refractivity contribution in [1.82, 2.24) is 0 Å². The van der Waals surface area contributed by atoms with E-state index in [0.29, 0.717) is 17.9 Å². The molecule has 0 atom stereocenters. The molecule has 0 amide bonds. The van der Waals surface area contributed by atoms with Crippen molar-refractivity contribution in [1.29, 1.82) is 0 Å². The van der Waals surface area contributed by atoms with E-state index >= 15 is 0 Å². The van der Waals surface area contributed by atoms with Crippen LogP contribution >= 0.6 is 0 Å². The number of anilines is 2. The molecule has 2 rings (SSSR count). The van der Waals surface area contributed by atoms with E-state index in [9.17, 15) is 4.79 Å². The molecule has 4 nitrogen and oxygen atoms in total. The highest BCUT2D eigenvalue weighted by atomic mass is 16.5. The average molecular weight is 290 g/mol. The Bertz CT molecular complexity index is 468. The zero-order valence-corrected chi connectivity index (χ0v) is 12.9. The van der Waals surface area contributed by atoms with Crippen LogP contribution in [-0.4, -0.2) is 19.1 Å². The second-order valence-corrected chi connectivity index (χ2v) is 5.74. The summed E-state index contributed by atoms with van der Waals surface area (Å²) in [7, 11) is 0. The molecular formula is C17H26N2O2.